The average molecular weight is 204 g/mol. The molecule has 1 rings (SSSR count). The Balaban J connectivity index is 2.89. The molecule has 0 aromatic carbocycles. The molecule has 78 valence electrons. The highest BCUT2D eigenvalue weighted by Crippen LogP contribution is 2.27. The highest BCUT2D eigenvalue weighted by atomic mass is 19.4. The van der Waals surface area contributed by atoms with Crippen molar-refractivity contribution < 1.29 is 13.2 Å². The number of nitrogens with zero attached hydrogens (tertiary/aromatic N) is 1. The topological polar surface area (TPSA) is 38.9 Å². The van der Waals surface area contributed by atoms with E-state index in [4.69, 9.17) is 5.73 Å². The van der Waals surface area contributed by atoms with Gasteiger partial charge in [-0.3, -0.25) is 4.98 Å². The van der Waals surface area contributed by atoms with Crippen LogP contribution in [0.15, 0.2) is 18.3 Å². The van der Waals surface area contributed by atoms with Crippen molar-refractivity contribution in [1.82, 2.24) is 4.98 Å². The molecule has 0 spiro atoms. The van der Waals surface area contributed by atoms with E-state index < -0.39 is 11.9 Å². The van der Waals surface area contributed by atoms with Crippen LogP contribution < -0.4 is 5.73 Å². The standard InChI is InChI=1S/C9H11F3N2/c1-6(4-13)7-2-3-8(14-5-7)9(10,11)12/h2-3,5-6H,4,13H2,1H3. The highest BCUT2D eigenvalue weighted by molar-refractivity contribution is 5.19. The molecule has 0 amide bonds. The van der Waals surface area contributed by atoms with Crippen LogP contribution in [-0.4, -0.2) is 11.5 Å². The van der Waals surface area contributed by atoms with Gasteiger partial charge in [0.1, 0.15) is 5.69 Å². The van der Waals surface area contributed by atoms with Crippen molar-refractivity contribution in [3.8, 4) is 0 Å². The zero-order valence-corrected chi connectivity index (χ0v) is 7.67. The van der Waals surface area contributed by atoms with Gasteiger partial charge in [0.2, 0.25) is 0 Å². The predicted molar refractivity (Wildman–Crippen MR) is 46.7 cm³/mol. The number of pyridine rings is 1. The Hall–Kier alpha value is -1.10. The molecule has 1 unspecified atom stereocenters. The van der Waals surface area contributed by atoms with Crippen molar-refractivity contribution in [3.05, 3.63) is 29.6 Å². The minimum Gasteiger partial charge on any atom is -0.330 e. The van der Waals surface area contributed by atoms with E-state index in [0.717, 1.165) is 11.6 Å². The SMILES string of the molecule is CC(CN)c1ccc(C(F)(F)F)nc1. The van der Waals surface area contributed by atoms with Crippen LogP contribution in [-0.2, 0) is 6.18 Å². The molecular weight excluding hydrogens is 193 g/mol. The van der Waals surface area contributed by atoms with Crippen LogP contribution >= 0.6 is 0 Å². The number of alkyl halides is 3. The van der Waals surface area contributed by atoms with Crippen molar-refractivity contribution in [1.29, 1.82) is 0 Å². The van der Waals surface area contributed by atoms with Gasteiger partial charge in [-0.2, -0.15) is 13.2 Å². The van der Waals surface area contributed by atoms with Crippen molar-refractivity contribution in [2.45, 2.75) is 19.0 Å². The van der Waals surface area contributed by atoms with E-state index in [2.05, 4.69) is 4.98 Å². The lowest BCUT2D eigenvalue weighted by Gasteiger charge is -2.10. The lowest BCUT2D eigenvalue weighted by atomic mass is 10.0. The molecule has 14 heavy (non-hydrogen) atoms. The van der Waals surface area contributed by atoms with Gasteiger partial charge < -0.3 is 5.73 Å². The smallest absolute Gasteiger partial charge is 0.330 e. The first kappa shape index (κ1) is 11.0. The summed E-state index contributed by atoms with van der Waals surface area (Å²) in [5, 5.41) is 0. The minimum atomic E-state index is -4.37. The fraction of sp³-hybridized carbons (Fsp3) is 0.444. The van der Waals surface area contributed by atoms with Gasteiger partial charge in [0.05, 0.1) is 0 Å². The molecule has 2 N–H and O–H groups in total. The first-order chi connectivity index (χ1) is 6.45. The summed E-state index contributed by atoms with van der Waals surface area (Å²) in [5.41, 5.74) is 5.23. The van der Waals surface area contributed by atoms with Crippen LogP contribution in [0.25, 0.3) is 0 Å². The Kier molecular flexibility index (Phi) is 3.10. The second-order valence-electron chi connectivity index (χ2n) is 3.11. The van der Waals surface area contributed by atoms with Gasteiger partial charge in [-0.15, -0.1) is 0 Å². The monoisotopic (exact) mass is 204 g/mol. The molecule has 0 fully saturated rings. The van der Waals surface area contributed by atoms with Crippen LogP contribution in [0, 0.1) is 0 Å². The molecule has 2 nitrogen and oxygen atoms in total. The summed E-state index contributed by atoms with van der Waals surface area (Å²) in [6, 6.07) is 2.38. The molecular formula is C9H11F3N2. The molecule has 0 saturated carbocycles. The van der Waals surface area contributed by atoms with Crippen molar-refractivity contribution >= 4 is 0 Å². The second kappa shape index (κ2) is 3.96. The second-order valence-corrected chi connectivity index (χ2v) is 3.11. The number of hydrogen-bond acceptors (Lipinski definition) is 2. The van der Waals surface area contributed by atoms with Gasteiger partial charge in [-0.25, -0.2) is 0 Å². The minimum absolute atomic E-state index is 0.0322. The van der Waals surface area contributed by atoms with Crippen LogP contribution in [0.4, 0.5) is 13.2 Å². The molecule has 1 aromatic heterocycles. The zero-order chi connectivity index (χ0) is 10.8. The first-order valence-electron chi connectivity index (χ1n) is 4.18. The summed E-state index contributed by atoms with van der Waals surface area (Å²) in [6.07, 6.45) is -3.15. The predicted octanol–water partition coefficient (Wildman–Crippen LogP) is 2.16. The molecule has 1 atom stereocenters. The van der Waals surface area contributed by atoms with Gasteiger partial charge in [0.25, 0.3) is 0 Å². The maximum atomic E-state index is 12.1. The van der Waals surface area contributed by atoms with Gasteiger partial charge in [0, 0.05) is 6.20 Å². The van der Waals surface area contributed by atoms with E-state index in [-0.39, 0.29) is 5.92 Å². The molecule has 1 aromatic rings. The highest BCUT2D eigenvalue weighted by Gasteiger charge is 2.32. The largest absolute Gasteiger partial charge is 0.433 e. The van der Waals surface area contributed by atoms with E-state index in [1.165, 1.54) is 12.3 Å². The van der Waals surface area contributed by atoms with Crippen LogP contribution in [0.5, 0.6) is 0 Å². The van der Waals surface area contributed by atoms with E-state index in [9.17, 15) is 13.2 Å². The van der Waals surface area contributed by atoms with E-state index in [1.54, 1.807) is 0 Å². The normalized spacial score (nSPS) is 14.1. The Labute approximate surface area is 79.9 Å². The first-order valence-corrected chi connectivity index (χ1v) is 4.18. The molecule has 0 radical (unpaired) electrons. The molecule has 1 heterocycles. The number of hydrogen-bond donors (Lipinski definition) is 1. The summed E-state index contributed by atoms with van der Waals surface area (Å²) in [4.78, 5) is 3.34. The molecule has 0 saturated heterocycles. The maximum Gasteiger partial charge on any atom is 0.433 e. The number of nitrogens with two attached hydrogens (primary N) is 1. The Bertz CT molecular complexity index is 292. The van der Waals surface area contributed by atoms with Gasteiger partial charge in [0.15, 0.2) is 0 Å². The Morgan fingerprint density at radius 3 is 2.43 bits per heavy atom. The van der Waals surface area contributed by atoms with Crippen LogP contribution in [0.2, 0.25) is 0 Å². The molecule has 0 aliphatic rings. The molecule has 0 bridgehead atoms. The number of halogens is 3. The van der Waals surface area contributed by atoms with E-state index in [1.807, 2.05) is 6.92 Å². The molecule has 5 heteroatoms. The van der Waals surface area contributed by atoms with Gasteiger partial charge >= 0.3 is 6.18 Å². The van der Waals surface area contributed by atoms with Crippen molar-refractivity contribution in [2.75, 3.05) is 6.54 Å². The van der Waals surface area contributed by atoms with Crippen molar-refractivity contribution in [2.24, 2.45) is 5.73 Å². The summed E-state index contributed by atoms with van der Waals surface area (Å²) in [7, 11) is 0. The summed E-state index contributed by atoms with van der Waals surface area (Å²) in [6.45, 7) is 2.23. The van der Waals surface area contributed by atoms with Crippen molar-refractivity contribution in [3.63, 3.8) is 0 Å². The third-order valence-electron chi connectivity index (χ3n) is 2.00. The maximum absolute atomic E-state index is 12.1. The van der Waals surface area contributed by atoms with Gasteiger partial charge in [-0.1, -0.05) is 13.0 Å². The lowest BCUT2D eigenvalue weighted by molar-refractivity contribution is -0.141. The third-order valence-corrected chi connectivity index (χ3v) is 2.00. The van der Waals surface area contributed by atoms with Gasteiger partial charge in [-0.05, 0) is 24.1 Å². The summed E-state index contributed by atoms with van der Waals surface area (Å²) >= 11 is 0. The number of aromatic nitrogens is 1. The molecule has 0 aliphatic heterocycles. The Morgan fingerprint density at radius 1 is 1.43 bits per heavy atom. The summed E-state index contributed by atoms with van der Waals surface area (Å²) in [5.74, 6) is 0.0322. The fourth-order valence-corrected chi connectivity index (χ4v) is 1.00. The van der Waals surface area contributed by atoms with Crippen LogP contribution in [0.1, 0.15) is 24.1 Å². The van der Waals surface area contributed by atoms with E-state index in [0.29, 0.717) is 6.54 Å². The average Bonchev–Trinajstić information content (AvgIpc) is 2.15. The fourth-order valence-electron chi connectivity index (χ4n) is 1.00. The lowest BCUT2D eigenvalue weighted by Crippen LogP contribution is -2.11. The van der Waals surface area contributed by atoms with Crippen LogP contribution in [0.3, 0.4) is 0 Å². The molecule has 0 aliphatic carbocycles. The summed E-state index contributed by atoms with van der Waals surface area (Å²) < 4.78 is 36.3. The third kappa shape index (κ3) is 2.45. The quantitative estimate of drug-likeness (QED) is 0.801. The zero-order valence-electron chi connectivity index (χ0n) is 7.67. The Morgan fingerprint density at radius 2 is 2.07 bits per heavy atom. The van der Waals surface area contributed by atoms with E-state index >= 15 is 0 Å². The number of rotatable bonds is 2.